The van der Waals surface area contributed by atoms with Crippen molar-refractivity contribution in [3.05, 3.63) is 65.7 Å². The fourth-order valence-electron chi connectivity index (χ4n) is 3.54. The summed E-state index contributed by atoms with van der Waals surface area (Å²) in [6.45, 7) is 5.40. The van der Waals surface area contributed by atoms with Crippen LogP contribution in [0.5, 0.6) is 11.5 Å². The number of nitrogens with zero attached hydrogens (tertiary/aromatic N) is 4. The first-order valence-corrected chi connectivity index (χ1v) is 11.5. The average Bonchev–Trinajstić information content (AvgIpc) is 2.87. The van der Waals surface area contributed by atoms with Crippen LogP contribution in [0.2, 0.25) is 5.02 Å². The van der Waals surface area contributed by atoms with Crippen LogP contribution < -0.4 is 14.4 Å². The van der Waals surface area contributed by atoms with Crippen molar-refractivity contribution >= 4 is 23.3 Å². The highest BCUT2D eigenvalue weighted by Gasteiger charge is 2.22. The van der Waals surface area contributed by atoms with Crippen LogP contribution in [-0.2, 0) is 4.79 Å². The second-order valence-corrected chi connectivity index (χ2v) is 8.20. The third-order valence-corrected chi connectivity index (χ3v) is 5.66. The van der Waals surface area contributed by atoms with E-state index in [4.69, 9.17) is 21.1 Å². The standard InChI is InChI=1S/C25H27ClN4O3/c1-2-17-32-21-7-9-22(10-8-21)33-18-25(31)30-15-13-29(14-16-30)24-12-11-23(27-28-24)19-3-5-20(26)6-4-19/h3-12H,2,13-18H2,1H3. The minimum Gasteiger partial charge on any atom is -0.494 e. The van der Waals surface area contributed by atoms with Crippen LogP contribution in [0.15, 0.2) is 60.7 Å². The van der Waals surface area contributed by atoms with Crippen molar-refractivity contribution in [1.82, 2.24) is 15.1 Å². The molecule has 0 N–H and O–H groups in total. The van der Waals surface area contributed by atoms with E-state index in [0.29, 0.717) is 43.6 Å². The molecular formula is C25H27ClN4O3. The van der Waals surface area contributed by atoms with Crippen molar-refractivity contribution in [3.8, 4) is 22.8 Å². The predicted octanol–water partition coefficient (Wildman–Crippen LogP) is 4.31. The fourth-order valence-corrected chi connectivity index (χ4v) is 3.67. The lowest BCUT2D eigenvalue weighted by Gasteiger charge is -2.35. The van der Waals surface area contributed by atoms with Crippen molar-refractivity contribution in [2.45, 2.75) is 13.3 Å². The normalized spacial score (nSPS) is 13.6. The maximum atomic E-state index is 12.6. The molecule has 2 heterocycles. The van der Waals surface area contributed by atoms with Crippen LogP contribution in [-0.4, -0.2) is 60.4 Å². The Morgan fingerprint density at radius 2 is 1.55 bits per heavy atom. The maximum absolute atomic E-state index is 12.6. The largest absolute Gasteiger partial charge is 0.494 e. The molecule has 7 nitrogen and oxygen atoms in total. The number of benzene rings is 2. The smallest absolute Gasteiger partial charge is 0.260 e. The van der Waals surface area contributed by atoms with Gasteiger partial charge >= 0.3 is 0 Å². The van der Waals surface area contributed by atoms with E-state index in [1.807, 2.05) is 65.6 Å². The molecule has 0 saturated carbocycles. The summed E-state index contributed by atoms with van der Waals surface area (Å²) in [5.74, 6) is 2.24. The van der Waals surface area contributed by atoms with Gasteiger partial charge in [0.05, 0.1) is 12.3 Å². The van der Waals surface area contributed by atoms with Crippen molar-refractivity contribution in [3.63, 3.8) is 0 Å². The fraction of sp³-hybridized carbons (Fsp3) is 0.320. The van der Waals surface area contributed by atoms with Gasteiger partial charge < -0.3 is 19.3 Å². The van der Waals surface area contributed by atoms with E-state index in [2.05, 4.69) is 22.0 Å². The Labute approximate surface area is 198 Å². The zero-order valence-electron chi connectivity index (χ0n) is 18.6. The van der Waals surface area contributed by atoms with E-state index in [1.165, 1.54) is 0 Å². The zero-order chi connectivity index (χ0) is 23.0. The molecule has 33 heavy (non-hydrogen) atoms. The number of halogens is 1. The Balaban J connectivity index is 1.24. The van der Waals surface area contributed by atoms with Gasteiger partial charge in [-0.3, -0.25) is 4.79 Å². The number of piperazine rings is 1. The molecule has 0 bridgehead atoms. The minimum absolute atomic E-state index is 0.0186. The number of carbonyl (C=O) groups excluding carboxylic acids is 1. The highest BCUT2D eigenvalue weighted by Crippen LogP contribution is 2.22. The van der Waals surface area contributed by atoms with Crippen LogP contribution in [0.25, 0.3) is 11.3 Å². The van der Waals surface area contributed by atoms with Gasteiger partial charge in [0.25, 0.3) is 5.91 Å². The van der Waals surface area contributed by atoms with Crippen LogP contribution in [0.4, 0.5) is 5.82 Å². The average molecular weight is 467 g/mol. The van der Waals surface area contributed by atoms with Gasteiger partial charge in [-0.2, -0.15) is 0 Å². The Morgan fingerprint density at radius 3 is 2.15 bits per heavy atom. The quantitative estimate of drug-likeness (QED) is 0.492. The van der Waals surface area contributed by atoms with Gasteiger partial charge in [0, 0.05) is 36.8 Å². The van der Waals surface area contributed by atoms with E-state index in [1.54, 1.807) is 0 Å². The number of ether oxygens (including phenoxy) is 2. The summed E-state index contributed by atoms with van der Waals surface area (Å²) < 4.78 is 11.2. The first-order valence-electron chi connectivity index (χ1n) is 11.1. The number of hydrogen-bond acceptors (Lipinski definition) is 6. The molecule has 0 radical (unpaired) electrons. The summed E-state index contributed by atoms with van der Waals surface area (Å²) in [4.78, 5) is 16.5. The van der Waals surface area contributed by atoms with Gasteiger partial charge in [0.1, 0.15) is 11.5 Å². The number of carbonyl (C=O) groups is 1. The van der Waals surface area contributed by atoms with Crippen LogP contribution in [0, 0.1) is 0 Å². The van der Waals surface area contributed by atoms with Gasteiger partial charge in [0.2, 0.25) is 0 Å². The molecule has 1 aromatic heterocycles. The summed E-state index contributed by atoms with van der Waals surface area (Å²) >= 11 is 5.95. The molecule has 0 aliphatic carbocycles. The molecule has 1 fully saturated rings. The molecule has 3 aromatic rings. The molecule has 0 unspecified atom stereocenters. The molecule has 0 spiro atoms. The predicted molar refractivity (Wildman–Crippen MR) is 129 cm³/mol. The van der Waals surface area contributed by atoms with E-state index in [-0.39, 0.29) is 12.5 Å². The Bertz CT molecular complexity index is 1030. The van der Waals surface area contributed by atoms with E-state index in [0.717, 1.165) is 29.2 Å². The number of aromatic nitrogens is 2. The molecular weight excluding hydrogens is 440 g/mol. The highest BCUT2D eigenvalue weighted by molar-refractivity contribution is 6.30. The molecule has 4 rings (SSSR count). The molecule has 2 aromatic carbocycles. The summed E-state index contributed by atoms with van der Waals surface area (Å²) in [6.07, 6.45) is 0.960. The molecule has 1 aliphatic rings. The SMILES string of the molecule is CCCOc1ccc(OCC(=O)N2CCN(c3ccc(-c4ccc(Cl)cc4)nn3)CC2)cc1. The summed E-state index contributed by atoms with van der Waals surface area (Å²) in [7, 11) is 0. The van der Waals surface area contributed by atoms with Crippen LogP contribution >= 0.6 is 11.6 Å². The van der Waals surface area contributed by atoms with E-state index < -0.39 is 0 Å². The summed E-state index contributed by atoms with van der Waals surface area (Å²) in [5, 5.41) is 9.42. The first-order chi connectivity index (χ1) is 16.1. The number of amides is 1. The minimum atomic E-state index is -0.0230. The topological polar surface area (TPSA) is 67.8 Å². The second kappa shape index (κ2) is 11.0. The highest BCUT2D eigenvalue weighted by atomic mass is 35.5. The number of hydrogen-bond donors (Lipinski definition) is 0. The number of anilines is 1. The van der Waals surface area contributed by atoms with Gasteiger partial charge in [0.15, 0.2) is 12.4 Å². The summed E-state index contributed by atoms with van der Waals surface area (Å²) in [5.41, 5.74) is 1.77. The number of rotatable bonds is 8. The Hall–Kier alpha value is -3.32. The van der Waals surface area contributed by atoms with Crippen molar-refractivity contribution in [2.24, 2.45) is 0 Å². The van der Waals surface area contributed by atoms with E-state index in [9.17, 15) is 4.79 Å². The lowest BCUT2D eigenvalue weighted by molar-refractivity contribution is -0.133. The monoisotopic (exact) mass is 466 g/mol. The third-order valence-electron chi connectivity index (χ3n) is 5.41. The van der Waals surface area contributed by atoms with Crippen LogP contribution in [0.3, 0.4) is 0 Å². The molecule has 0 atom stereocenters. The maximum Gasteiger partial charge on any atom is 0.260 e. The molecule has 1 amide bonds. The van der Waals surface area contributed by atoms with Crippen LogP contribution in [0.1, 0.15) is 13.3 Å². The molecule has 8 heteroatoms. The lowest BCUT2D eigenvalue weighted by Crippen LogP contribution is -2.50. The Kier molecular flexibility index (Phi) is 7.62. The second-order valence-electron chi connectivity index (χ2n) is 7.76. The summed E-state index contributed by atoms with van der Waals surface area (Å²) in [6, 6.07) is 18.8. The zero-order valence-corrected chi connectivity index (χ0v) is 19.4. The van der Waals surface area contributed by atoms with E-state index >= 15 is 0 Å². The van der Waals surface area contributed by atoms with Gasteiger partial charge in [-0.1, -0.05) is 30.7 Å². The van der Waals surface area contributed by atoms with Crippen molar-refractivity contribution in [1.29, 1.82) is 0 Å². The van der Waals surface area contributed by atoms with Gasteiger partial charge in [-0.05, 0) is 55.0 Å². The molecule has 1 saturated heterocycles. The first kappa shape index (κ1) is 22.9. The third kappa shape index (κ3) is 6.14. The van der Waals surface area contributed by atoms with Crippen molar-refractivity contribution in [2.75, 3.05) is 44.3 Å². The lowest BCUT2D eigenvalue weighted by atomic mass is 10.1. The Morgan fingerprint density at radius 1 is 0.879 bits per heavy atom. The molecule has 172 valence electrons. The van der Waals surface area contributed by atoms with Gasteiger partial charge in [-0.25, -0.2) is 0 Å². The van der Waals surface area contributed by atoms with Crippen molar-refractivity contribution < 1.29 is 14.3 Å². The van der Waals surface area contributed by atoms with Gasteiger partial charge in [-0.15, -0.1) is 10.2 Å². The molecule has 1 aliphatic heterocycles.